The van der Waals surface area contributed by atoms with E-state index in [2.05, 4.69) is 43.5 Å². The van der Waals surface area contributed by atoms with Gasteiger partial charge < -0.3 is 20.6 Å². The zero-order valence-corrected chi connectivity index (χ0v) is 28.3. The van der Waals surface area contributed by atoms with Gasteiger partial charge in [-0.05, 0) is 57.8 Å². The van der Waals surface area contributed by atoms with Crippen molar-refractivity contribution in [1.82, 2.24) is 5.32 Å². The Bertz CT molecular complexity index is 675. The molecule has 0 aliphatic rings. The van der Waals surface area contributed by atoms with E-state index in [-0.39, 0.29) is 18.9 Å². The third-order valence-corrected chi connectivity index (χ3v) is 8.15. The molecule has 0 fully saturated rings. The second-order valence-electron chi connectivity index (χ2n) is 12.5. The molecule has 0 aliphatic heterocycles. The first kappa shape index (κ1) is 41.6. The van der Waals surface area contributed by atoms with Crippen molar-refractivity contribution >= 4 is 5.91 Å². The molecule has 4 N–H and O–H groups in total. The number of allylic oxidation sites excluding steroid dienone is 5. The van der Waals surface area contributed by atoms with Crippen LogP contribution in [-0.4, -0.2) is 46.1 Å². The van der Waals surface area contributed by atoms with E-state index in [1.54, 1.807) is 6.08 Å². The molecular formula is C38H71NO4. The molecule has 0 aromatic heterocycles. The van der Waals surface area contributed by atoms with Crippen molar-refractivity contribution in [2.24, 2.45) is 0 Å². The first-order chi connectivity index (χ1) is 21.0. The lowest BCUT2D eigenvalue weighted by Crippen LogP contribution is -2.45. The maximum absolute atomic E-state index is 12.3. The molecule has 0 saturated heterocycles. The lowest BCUT2D eigenvalue weighted by molar-refractivity contribution is -0.124. The molecule has 0 bridgehead atoms. The summed E-state index contributed by atoms with van der Waals surface area (Å²) in [6, 6.07) is -0.760. The Labute approximate surface area is 266 Å². The normalized spacial score (nSPS) is 14.3. The quantitative estimate of drug-likeness (QED) is 0.0454. The highest BCUT2D eigenvalue weighted by Gasteiger charge is 2.20. The predicted octanol–water partition coefficient (Wildman–Crippen LogP) is 9.65. The van der Waals surface area contributed by atoms with Crippen molar-refractivity contribution in [2.75, 3.05) is 6.61 Å². The summed E-state index contributed by atoms with van der Waals surface area (Å²) in [4.78, 5) is 12.3. The van der Waals surface area contributed by atoms with Gasteiger partial charge >= 0.3 is 0 Å². The minimum atomic E-state index is -0.950. The van der Waals surface area contributed by atoms with Gasteiger partial charge in [-0.15, -0.1) is 0 Å². The van der Waals surface area contributed by atoms with Gasteiger partial charge in [-0.1, -0.05) is 147 Å². The van der Waals surface area contributed by atoms with E-state index in [1.807, 2.05) is 6.08 Å². The van der Waals surface area contributed by atoms with Crippen LogP contribution in [0.2, 0.25) is 0 Å². The molecule has 0 aromatic rings. The standard InChI is InChI=1S/C38H71NO4/c1-3-5-7-9-11-13-15-16-17-18-19-20-21-22-23-25-27-29-31-35(41)33-38(43)39-36(34-40)37(42)32-30-28-26-24-14-12-10-8-6-4-2/h14,19-20,24,30,32,35-37,40-42H,3-13,15-18,21-23,25-29,31,33-34H2,1-2H3,(H,39,43)/b20-19-,24-14+,32-30+. The summed E-state index contributed by atoms with van der Waals surface area (Å²) in [6.07, 6.45) is 39.9. The number of hydrogen-bond acceptors (Lipinski definition) is 4. The summed E-state index contributed by atoms with van der Waals surface area (Å²) in [5.74, 6) is -0.334. The zero-order valence-electron chi connectivity index (χ0n) is 28.3. The second-order valence-corrected chi connectivity index (χ2v) is 12.5. The van der Waals surface area contributed by atoms with Gasteiger partial charge in [0.1, 0.15) is 0 Å². The maximum atomic E-state index is 12.3. The van der Waals surface area contributed by atoms with Crippen molar-refractivity contribution in [3.63, 3.8) is 0 Å². The topological polar surface area (TPSA) is 89.8 Å². The van der Waals surface area contributed by atoms with Crippen LogP contribution in [0.15, 0.2) is 36.5 Å². The lowest BCUT2D eigenvalue weighted by atomic mass is 10.0. The Kier molecular flexibility index (Phi) is 32.3. The number of rotatable bonds is 32. The van der Waals surface area contributed by atoms with Gasteiger partial charge in [0.15, 0.2) is 0 Å². The van der Waals surface area contributed by atoms with Crippen LogP contribution in [0, 0.1) is 0 Å². The van der Waals surface area contributed by atoms with Gasteiger partial charge in [-0.25, -0.2) is 0 Å². The Hall–Kier alpha value is -1.43. The fourth-order valence-electron chi connectivity index (χ4n) is 5.29. The van der Waals surface area contributed by atoms with E-state index in [0.29, 0.717) is 6.42 Å². The summed E-state index contributed by atoms with van der Waals surface area (Å²) in [5.41, 5.74) is 0. The minimum absolute atomic E-state index is 0.000259. The highest BCUT2D eigenvalue weighted by Crippen LogP contribution is 2.13. The number of carbonyl (C=O) groups excluding carboxylic acids is 1. The third-order valence-electron chi connectivity index (χ3n) is 8.15. The molecule has 252 valence electrons. The highest BCUT2D eigenvalue weighted by atomic mass is 16.3. The monoisotopic (exact) mass is 606 g/mol. The molecule has 0 saturated carbocycles. The van der Waals surface area contributed by atoms with Crippen molar-refractivity contribution in [3.05, 3.63) is 36.5 Å². The zero-order chi connectivity index (χ0) is 31.6. The van der Waals surface area contributed by atoms with Crippen LogP contribution in [-0.2, 0) is 4.79 Å². The number of unbranched alkanes of at least 4 members (excludes halogenated alkanes) is 19. The smallest absolute Gasteiger partial charge is 0.222 e. The number of nitrogens with one attached hydrogen (secondary N) is 1. The first-order valence-electron chi connectivity index (χ1n) is 18.3. The molecule has 0 radical (unpaired) electrons. The van der Waals surface area contributed by atoms with Gasteiger partial charge in [0.05, 0.1) is 31.3 Å². The van der Waals surface area contributed by atoms with Crippen molar-refractivity contribution in [2.45, 2.75) is 193 Å². The molecule has 1 amide bonds. The van der Waals surface area contributed by atoms with Gasteiger partial charge in [-0.2, -0.15) is 0 Å². The van der Waals surface area contributed by atoms with Crippen LogP contribution in [0.5, 0.6) is 0 Å². The molecule has 0 spiro atoms. The molecule has 0 aromatic carbocycles. The summed E-state index contributed by atoms with van der Waals surface area (Å²) >= 11 is 0. The summed E-state index contributed by atoms with van der Waals surface area (Å²) < 4.78 is 0. The van der Waals surface area contributed by atoms with E-state index in [1.165, 1.54) is 103 Å². The predicted molar refractivity (Wildman–Crippen MR) is 185 cm³/mol. The average molecular weight is 606 g/mol. The molecule has 3 unspecified atom stereocenters. The van der Waals surface area contributed by atoms with Crippen LogP contribution in [0.25, 0.3) is 0 Å². The molecule has 0 rings (SSSR count). The first-order valence-corrected chi connectivity index (χ1v) is 18.3. The molecule has 0 aliphatic carbocycles. The van der Waals surface area contributed by atoms with E-state index in [4.69, 9.17) is 0 Å². The van der Waals surface area contributed by atoms with Crippen molar-refractivity contribution in [1.29, 1.82) is 0 Å². The maximum Gasteiger partial charge on any atom is 0.222 e. The van der Waals surface area contributed by atoms with E-state index >= 15 is 0 Å². The van der Waals surface area contributed by atoms with Crippen LogP contribution >= 0.6 is 0 Å². The lowest BCUT2D eigenvalue weighted by Gasteiger charge is -2.20. The van der Waals surface area contributed by atoms with E-state index in [9.17, 15) is 20.1 Å². The number of carbonyl (C=O) groups is 1. The molecule has 5 nitrogen and oxygen atoms in total. The highest BCUT2D eigenvalue weighted by molar-refractivity contribution is 5.76. The fraction of sp³-hybridized carbons (Fsp3) is 0.816. The largest absolute Gasteiger partial charge is 0.394 e. The molecule has 43 heavy (non-hydrogen) atoms. The van der Waals surface area contributed by atoms with E-state index in [0.717, 1.165) is 44.9 Å². The Morgan fingerprint density at radius 1 is 0.581 bits per heavy atom. The van der Waals surface area contributed by atoms with Gasteiger partial charge in [-0.3, -0.25) is 4.79 Å². The Morgan fingerprint density at radius 3 is 1.51 bits per heavy atom. The number of hydrogen-bond donors (Lipinski definition) is 4. The van der Waals surface area contributed by atoms with Gasteiger partial charge in [0.25, 0.3) is 0 Å². The molecule has 3 atom stereocenters. The van der Waals surface area contributed by atoms with Crippen LogP contribution in [0.1, 0.15) is 174 Å². The van der Waals surface area contributed by atoms with Crippen molar-refractivity contribution in [3.8, 4) is 0 Å². The number of aliphatic hydroxyl groups is 3. The summed E-state index contributed by atoms with van der Waals surface area (Å²) in [5, 5.41) is 32.9. The SMILES string of the molecule is CCCCCC/C=C/CC/C=C/C(O)C(CO)NC(=O)CC(O)CCCCCCC/C=C\CCCCCCCCCCC. The molecular weight excluding hydrogens is 534 g/mol. The van der Waals surface area contributed by atoms with Crippen LogP contribution in [0.3, 0.4) is 0 Å². The fourth-order valence-corrected chi connectivity index (χ4v) is 5.29. The number of aliphatic hydroxyl groups excluding tert-OH is 3. The second kappa shape index (κ2) is 33.5. The van der Waals surface area contributed by atoms with Crippen LogP contribution in [0.4, 0.5) is 0 Å². The Morgan fingerprint density at radius 2 is 1.00 bits per heavy atom. The summed E-state index contributed by atoms with van der Waals surface area (Å²) in [7, 11) is 0. The van der Waals surface area contributed by atoms with Gasteiger partial charge in [0.2, 0.25) is 5.91 Å². The van der Waals surface area contributed by atoms with Crippen LogP contribution < -0.4 is 5.32 Å². The summed E-state index contributed by atoms with van der Waals surface area (Å²) in [6.45, 7) is 4.14. The van der Waals surface area contributed by atoms with Crippen molar-refractivity contribution < 1.29 is 20.1 Å². The molecule has 5 heteroatoms. The average Bonchev–Trinajstić information content (AvgIpc) is 3.00. The molecule has 0 heterocycles. The third kappa shape index (κ3) is 30.4. The van der Waals surface area contributed by atoms with E-state index < -0.39 is 18.2 Å². The Balaban J connectivity index is 3.75. The van der Waals surface area contributed by atoms with Gasteiger partial charge in [0, 0.05) is 0 Å². The minimum Gasteiger partial charge on any atom is -0.394 e. The number of amides is 1.